The van der Waals surface area contributed by atoms with Crippen molar-refractivity contribution >= 4 is 10.0 Å². The number of rotatable bonds is 9. The Morgan fingerprint density at radius 1 is 1.29 bits per heavy atom. The maximum absolute atomic E-state index is 12.1. The molecule has 1 aromatic rings. The fraction of sp³-hybridized carbons (Fsp3) is 0.600. The molecule has 0 aliphatic heterocycles. The summed E-state index contributed by atoms with van der Waals surface area (Å²) in [5, 5.41) is 3.07. The Balaban J connectivity index is 1.83. The van der Waals surface area contributed by atoms with E-state index in [2.05, 4.69) is 14.9 Å². The molecule has 21 heavy (non-hydrogen) atoms. The topological polar surface area (TPSA) is 61.4 Å². The Bertz CT molecular complexity index is 556. The lowest BCUT2D eigenvalue weighted by Crippen LogP contribution is -2.34. The van der Waals surface area contributed by atoms with E-state index >= 15 is 0 Å². The van der Waals surface area contributed by atoms with E-state index in [1.807, 2.05) is 38.4 Å². The summed E-state index contributed by atoms with van der Waals surface area (Å²) in [7, 11) is 0.661. The Hall–Kier alpha value is -0.950. The number of hydrogen-bond donors (Lipinski definition) is 2. The van der Waals surface area contributed by atoms with Gasteiger partial charge in [-0.15, -0.1) is 0 Å². The maximum Gasteiger partial charge on any atom is 0.215 e. The minimum absolute atomic E-state index is 0.0394. The Labute approximate surface area is 127 Å². The van der Waals surface area contributed by atoms with Gasteiger partial charge in [0.15, 0.2) is 0 Å². The fourth-order valence-corrected chi connectivity index (χ4v) is 3.50. The molecule has 1 fully saturated rings. The summed E-state index contributed by atoms with van der Waals surface area (Å²) in [6.07, 6.45) is 2.48. The third-order valence-electron chi connectivity index (χ3n) is 3.69. The molecule has 0 radical (unpaired) electrons. The smallest absolute Gasteiger partial charge is 0.215 e. The van der Waals surface area contributed by atoms with Crippen LogP contribution in [-0.2, 0) is 22.3 Å². The maximum atomic E-state index is 12.1. The van der Waals surface area contributed by atoms with Crippen LogP contribution in [0.1, 0.15) is 24.0 Å². The third-order valence-corrected chi connectivity index (χ3v) is 5.04. The fourth-order valence-electron chi connectivity index (χ4n) is 2.38. The van der Waals surface area contributed by atoms with E-state index in [9.17, 15) is 8.42 Å². The van der Waals surface area contributed by atoms with E-state index in [1.54, 1.807) is 0 Å². The van der Waals surface area contributed by atoms with Crippen molar-refractivity contribution < 1.29 is 8.42 Å². The molecule has 0 unspecified atom stereocenters. The summed E-state index contributed by atoms with van der Waals surface area (Å²) in [6.45, 7) is 1.99. The SMILES string of the molecule is CNCc1cccc(CS(=O)(=O)NCCN(C)C2CC2)c1. The highest BCUT2D eigenvalue weighted by molar-refractivity contribution is 7.88. The highest BCUT2D eigenvalue weighted by Gasteiger charge is 2.25. The molecule has 0 bridgehead atoms. The quantitative estimate of drug-likeness (QED) is 0.712. The predicted octanol–water partition coefficient (Wildman–Crippen LogP) is 0.920. The first-order chi connectivity index (χ1) is 10.00. The summed E-state index contributed by atoms with van der Waals surface area (Å²) in [5.74, 6) is 0.0394. The van der Waals surface area contributed by atoms with Crippen molar-refractivity contribution in [2.75, 3.05) is 27.2 Å². The molecule has 1 aliphatic carbocycles. The molecular weight excluding hydrogens is 286 g/mol. The number of benzene rings is 1. The summed E-state index contributed by atoms with van der Waals surface area (Å²) < 4.78 is 26.9. The zero-order chi connectivity index (χ0) is 15.3. The zero-order valence-electron chi connectivity index (χ0n) is 12.8. The van der Waals surface area contributed by atoms with Crippen molar-refractivity contribution in [1.29, 1.82) is 0 Å². The lowest BCUT2D eigenvalue weighted by Gasteiger charge is -2.15. The first-order valence-electron chi connectivity index (χ1n) is 7.40. The second kappa shape index (κ2) is 7.35. The van der Waals surface area contributed by atoms with Crippen LogP contribution in [0.3, 0.4) is 0 Å². The van der Waals surface area contributed by atoms with E-state index in [4.69, 9.17) is 0 Å². The molecule has 0 heterocycles. The van der Waals surface area contributed by atoms with Crippen LogP contribution in [0.2, 0.25) is 0 Å². The molecule has 2 N–H and O–H groups in total. The number of nitrogens with zero attached hydrogens (tertiary/aromatic N) is 1. The minimum atomic E-state index is -3.26. The molecule has 0 amide bonds. The number of sulfonamides is 1. The summed E-state index contributed by atoms with van der Waals surface area (Å²) in [5.41, 5.74) is 1.92. The molecule has 1 saturated carbocycles. The van der Waals surface area contributed by atoms with Gasteiger partial charge in [-0.05, 0) is 38.1 Å². The van der Waals surface area contributed by atoms with Crippen LogP contribution in [0.5, 0.6) is 0 Å². The molecule has 0 aromatic heterocycles. The van der Waals surface area contributed by atoms with Gasteiger partial charge in [-0.25, -0.2) is 13.1 Å². The first kappa shape index (κ1) is 16.4. The highest BCUT2D eigenvalue weighted by atomic mass is 32.2. The number of hydrogen-bond acceptors (Lipinski definition) is 4. The lowest BCUT2D eigenvalue weighted by molar-refractivity contribution is 0.329. The van der Waals surface area contributed by atoms with Gasteiger partial charge in [0, 0.05) is 25.7 Å². The molecule has 1 aromatic carbocycles. The van der Waals surface area contributed by atoms with E-state index in [-0.39, 0.29) is 5.75 Å². The summed E-state index contributed by atoms with van der Waals surface area (Å²) in [6, 6.07) is 8.34. The second-order valence-electron chi connectivity index (χ2n) is 5.72. The third kappa shape index (κ3) is 5.74. The lowest BCUT2D eigenvalue weighted by atomic mass is 10.1. The molecule has 0 spiro atoms. The van der Waals surface area contributed by atoms with Crippen LogP contribution in [0, 0.1) is 0 Å². The van der Waals surface area contributed by atoms with Crippen LogP contribution in [0.25, 0.3) is 0 Å². The van der Waals surface area contributed by atoms with Gasteiger partial charge < -0.3 is 10.2 Å². The van der Waals surface area contributed by atoms with Crippen LogP contribution in [0.4, 0.5) is 0 Å². The van der Waals surface area contributed by atoms with E-state index < -0.39 is 10.0 Å². The van der Waals surface area contributed by atoms with Crippen molar-refractivity contribution in [1.82, 2.24) is 14.9 Å². The van der Waals surface area contributed by atoms with Gasteiger partial charge >= 0.3 is 0 Å². The molecule has 1 aliphatic rings. The Morgan fingerprint density at radius 2 is 2.00 bits per heavy atom. The Morgan fingerprint density at radius 3 is 2.67 bits per heavy atom. The van der Waals surface area contributed by atoms with Crippen LogP contribution < -0.4 is 10.0 Å². The molecule has 118 valence electrons. The molecule has 2 rings (SSSR count). The van der Waals surface area contributed by atoms with Crippen molar-refractivity contribution in [2.24, 2.45) is 0 Å². The molecule has 0 atom stereocenters. The number of likely N-dealkylation sites (N-methyl/N-ethyl adjacent to an activating group) is 1. The van der Waals surface area contributed by atoms with Gasteiger partial charge in [0.05, 0.1) is 5.75 Å². The average molecular weight is 311 g/mol. The van der Waals surface area contributed by atoms with Crippen molar-refractivity contribution in [3.05, 3.63) is 35.4 Å². The second-order valence-corrected chi connectivity index (χ2v) is 7.52. The van der Waals surface area contributed by atoms with E-state index in [0.29, 0.717) is 12.6 Å². The van der Waals surface area contributed by atoms with E-state index in [1.165, 1.54) is 12.8 Å². The van der Waals surface area contributed by atoms with E-state index in [0.717, 1.165) is 24.2 Å². The molecule has 6 heteroatoms. The largest absolute Gasteiger partial charge is 0.316 e. The molecule has 0 saturated heterocycles. The van der Waals surface area contributed by atoms with Gasteiger partial charge in [0.25, 0.3) is 0 Å². The van der Waals surface area contributed by atoms with Crippen molar-refractivity contribution in [3.8, 4) is 0 Å². The van der Waals surface area contributed by atoms with Gasteiger partial charge in [-0.1, -0.05) is 24.3 Å². The van der Waals surface area contributed by atoms with Crippen LogP contribution in [0.15, 0.2) is 24.3 Å². The standard InChI is InChI=1S/C15H25N3O2S/c1-16-11-13-4-3-5-14(10-13)12-21(19,20)17-8-9-18(2)15-6-7-15/h3-5,10,15-17H,6-9,11-12H2,1-2H3. The highest BCUT2D eigenvalue weighted by Crippen LogP contribution is 2.24. The predicted molar refractivity (Wildman–Crippen MR) is 85.5 cm³/mol. The summed E-state index contributed by atoms with van der Waals surface area (Å²) in [4.78, 5) is 2.22. The number of nitrogens with one attached hydrogen (secondary N) is 2. The normalized spacial score (nSPS) is 15.6. The molecular formula is C15H25N3O2S. The average Bonchev–Trinajstić information content (AvgIpc) is 3.22. The van der Waals surface area contributed by atoms with Crippen LogP contribution in [-0.4, -0.2) is 46.5 Å². The monoisotopic (exact) mass is 311 g/mol. The van der Waals surface area contributed by atoms with Gasteiger partial charge in [-0.2, -0.15) is 0 Å². The van der Waals surface area contributed by atoms with Gasteiger partial charge in [0.1, 0.15) is 0 Å². The zero-order valence-corrected chi connectivity index (χ0v) is 13.6. The minimum Gasteiger partial charge on any atom is -0.316 e. The summed E-state index contributed by atoms with van der Waals surface area (Å²) >= 11 is 0. The first-order valence-corrected chi connectivity index (χ1v) is 9.05. The van der Waals surface area contributed by atoms with Crippen molar-refractivity contribution in [2.45, 2.75) is 31.2 Å². The van der Waals surface area contributed by atoms with Crippen molar-refractivity contribution in [3.63, 3.8) is 0 Å². The van der Waals surface area contributed by atoms with Gasteiger partial charge in [-0.3, -0.25) is 0 Å². The van der Waals surface area contributed by atoms with Crippen LogP contribution >= 0.6 is 0 Å². The van der Waals surface area contributed by atoms with Gasteiger partial charge in [0.2, 0.25) is 10.0 Å². The Kier molecular flexibility index (Phi) is 5.75. The molecule has 5 nitrogen and oxygen atoms in total.